The van der Waals surface area contributed by atoms with Crippen molar-refractivity contribution in [2.75, 3.05) is 19.3 Å². The van der Waals surface area contributed by atoms with Crippen LogP contribution in [0.4, 0.5) is 13.2 Å². The average Bonchev–Trinajstić information content (AvgIpc) is 3.00. The molecule has 1 aliphatic rings. The number of carbonyl (C=O) groups excluding carboxylic acids is 2. The highest BCUT2D eigenvalue weighted by molar-refractivity contribution is 7.90. The van der Waals surface area contributed by atoms with E-state index in [-0.39, 0.29) is 18.0 Å². The lowest BCUT2D eigenvalue weighted by atomic mass is 10.1. The predicted octanol–water partition coefficient (Wildman–Crippen LogP) is 1.63. The van der Waals surface area contributed by atoms with Gasteiger partial charge in [-0.1, -0.05) is 6.58 Å². The molecule has 1 aromatic carbocycles. The molecule has 26 heavy (non-hydrogen) atoms. The Balaban J connectivity index is 2.26. The standard InChI is InChI=1S/C16H17F3N2O4S/c1-3-14(22)21-7-6-11(9-21)20-15(23)12-5-4-10(16(17,18)19)8-13(12)26(2,24)25/h3-5,8,11H,1,6-7,9H2,2H3,(H,20,23). The van der Waals surface area contributed by atoms with Gasteiger partial charge < -0.3 is 10.2 Å². The van der Waals surface area contributed by atoms with Crippen molar-refractivity contribution in [1.82, 2.24) is 10.2 Å². The van der Waals surface area contributed by atoms with E-state index in [1.54, 1.807) is 0 Å². The summed E-state index contributed by atoms with van der Waals surface area (Å²) in [5.74, 6) is -1.11. The maximum atomic E-state index is 12.8. The molecule has 0 saturated carbocycles. The van der Waals surface area contributed by atoms with Crippen LogP contribution in [0.25, 0.3) is 0 Å². The van der Waals surface area contributed by atoms with Gasteiger partial charge in [-0.2, -0.15) is 13.2 Å². The molecule has 2 amide bonds. The van der Waals surface area contributed by atoms with Gasteiger partial charge in [-0.3, -0.25) is 9.59 Å². The lowest BCUT2D eigenvalue weighted by Crippen LogP contribution is -2.38. The topological polar surface area (TPSA) is 83.6 Å². The van der Waals surface area contributed by atoms with Crippen molar-refractivity contribution in [3.63, 3.8) is 0 Å². The Labute approximate surface area is 148 Å². The lowest BCUT2D eigenvalue weighted by molar-refractivity contribution is -0.137. The largest absolute Gasteiger partial charge is 0.416 e. The summed E-state index contributed by atoms with van der Waals surface area (Å²) in [6, 6.07) is 1.52. The van der Waals surface area contributed by atoms with Crippen molar-refractivity contribution in [2.24, 2.45) is 0 Å². The Hall–Kier alpha value is -2.36. The van der Waals surface area contributed by atoms with Crippen molar-refractivity contribution in [1.29, 1.82) is 0 Å². The molecule has 1 N–H and O–H groups in total. The molecular formula is C16H17F3N2O4S. The first kappa shape index (κ1) is 20.0. The Kier molecular flexibility index (Phi) is 5.45. The molecule has 0 radical (unpaired) electrons. The summed E-state index contributed by atoms with van der Waals surface area (Å²) >= 11 is 0. The first-order valence-electron chi connectivity index (χ1n) is 7.57. The summed E-state index contributed by atoms with van der Waals surface area (Å²) in [6.07, 6.45) is -2.41. The zero-order valence-corrected chi connectivity index (χ0v) is 14.7. The maximum absolute atomic E-state index is 12.8. The third-order valence-corrected chi connectivity index (χ3v) is 5.10. The molecule has 0 spiro atoms. The van der Waals surface area contributed by atoms with Gasteiger partial charge in [0.1, 0.15) is 0 Å². The van der Waals surface area contributed by atoms with E-state index in [0.29, 0.717) is 25.1 Å². The zero-order chi connectivity index (χ0) is 19.7. The van der Waals surface area contributed by atoms with E-state index in [2.05, 4.69) is 11.9 Å². The molecular weight excluding hydrogens is 373 g/mol. The molecule has 142 valence electrons. The Morgan fingerprint density at radius 3 is 2.54 bits per heavy atom. The van der Waals surface area contributed by atoms with Crippen LogP contribution in [0.5, 0.6) is 0 Å². The molecule has 0 aromatic heterocycles. The number of likely N-dealkylation sites (tertiary alicyclic amines) is 1. The van der Waals surface area contributed by atoms with Crippen molar-refractivity contribution >= 4 is 21.7 Å². The summed E-state index contributed by atoms with van der Waals surface area (Å²) < 4.78 is 62.2. The molecule has 1 heterocycles. The summed E-state index contributed by atoms with van der Waals surface area (Å²) in [7, 11) is -4.06. The Morgan fingerprint density at radius 1 is 1.35 bits per heavy atom. The number of nitrogens with zero attached hydrogens (tertiary/aromatic N) is 1. The van der Waals surface area contributed by atoms with E-state index < -0.39 is 38.4 Å². The van der Waals surface area contributed by atoms with Crippen LogP contribution in [0.2, 0.25) is 0 Å². The van der Waals surface area contributed by atoms with Crippen LogP contribution in [0.15, 0.2) is 35.7 Å². The van der Waals surface area contributed by atoms with Crippen molar-refractivity contribution in [3.8, 4) is 0 Å². The van der Waals surface area contributed by atoms with Crippen LogP contribution in [-0.4, -0.2) is 50.5 Å². The van der Waals surface area contributed by atoms with Gasteiger partial charge in [0.15, 0.2) is 9.84 Å². The van der Waals surface area contributed by atoms with Gasteiger partial charge in [0.05, 0.1) is 16.0 Å². The van der Waals surface area contributed by atoms with Gasteiger partial charge in [-0.05, 0) is 30.7 Å². The number of alkyl halides is 3. The summed E-state index contributed by atoms with van der Waals surface area (Å²) in [5, 5.41) is 2.56. The van der Waals surface area contributed by atoms with E-state index in [1.165, 1.54) is 4.90 Å². The molecule has 1 unspecified atom stereocenters. The minimum atomic E-state index is -4.73. The molecule has 6 nitrogen and oxygen atoms in total. The van der Waals surface area contributed by atoms with Crippen molar-refractivity contribution in [2.45, 2.75) is 23.5 Å². The molecule has 10 heteroatoms. The number of rotatable bonds is 4. The summed E-state index contributed by atoms with van der Waals surface area (Å²) in [5.41, 5.74) is -1.52. The van der Waals surface area contributed by atoms with Gasteiger partial charge in [-0.15, -0.1) is 0 Å². The number of hydrogen-bond donors (Lipinski definition) is 1. The molecule has 0 aliphatic carbocycles. The highest BCUT2D eigenvalue weighted by Gasteiger charge is 2.34. The second-order valence-electron chi connectivity index (χ2n) is 5.93. The number of carbonyl (C=O) groups is 2. The van der Waals surface area contributed by atoms with E-state index in [0.717, 1.165) is 18.4 Å². The van der Waals surface area contributed by atoms with Gasteiger partial charge in [-0.25, -0.2) is 8.42 Å². The third kappa shape index (κ3) is 4.43. The number of hydrogen-bond acceptors (Lipinski definition) is 4. The zero-order valence-electron chi connectivity index (χ0n) is 13.8. The normalized spacial score (nSPS) is 17.8. The quantitative estimate of drug-likeness (QED) is 0.792. The number of sulfone groups is 1. The number of nitrogens with one attached hydrogen (secondary N) is 1. The number of benzene rings is 1. The molecule has 1 aromatic rings. The van der Waals surface area contributed by atoms with Crippen LogP contribution in [0, 0.1) is 0 Å². The molecule has 1 aliphatic heterocycles. The van der Waals surface area contributed by atoms with Gasteiger partial charge in [0, 0.05) is 25.4 Å². The highest BCUT2D eigenvalue weighted by Crippen LogP contribution is 2.32. The first-order valence-corrected chi connectivity index (χ1v) is 9.46. The minimum Gasteiger partial charge on any atom is -0.347 e. The second kappa shape index (κ2) is 7.10. The SMILES string of the molecule is C=CC(=O)N1CCC(NC(=O)c2ccc(C(F)(F)F)cc2S(C)(=O)=O)C1. The van der Waals surface area contributed by atoms with E-state index in [4.69, 9.17) is 0 Å². The summed E-state index contributed by atoms with van der Waals surface area (Å²) in [4.78, 5) is 24.7. The minimum absolute atomic E-state index is 0.214. The smallest absolute Gasteiger partial charge is 0.347 e. The first-order chi connectivity index (χ1) is 11.9. The Bertz CT molecular complexity index is 850. The average molecular weight is 390 g/mol. The van der Waals surface area contributed by atoms with Crippen molar-refractivity contribution < 1.29 is 31.2 Å². The van der Waals surface area contributed by atoms with Gasteiger partial charge in [0.2, 0.25) is 5.91 Å². The van der Waals surface area contributed by atoms with Crippen LogP contribution in [0.1, 0.15) is 22.3 Å². The third-order valence-electron chi connectivity index (χ3n) is 3.96. The number of halogens is 3. The number of amides is 2. The van der Waals surface area contributed by atoms with E-state index in [9.17, 15) is 31.2 Å². The molecule has 2 rings (SSSR count). The monoisotopic (exact) mass is 390 g/mol. The predicted molar refractivity (Wildman–Crippen MR) is 87.2 cm³/mol. The fraction of sp³-hybridized carbons (Fsp3) is 0.375. The van der Waals surface area contributed by atoms with Gasteiger partial charge >= 0.3 is 6.18 Å². The molecule has 1 atom stereocenters. The lowest BCUT2D eigenvalue weighted by Gasteiger charge is -2.17. The van der Waals surface area contributed by atoms with Crippen LogP contribution >= 0.6 is 0 Å². The molecule has 0 bridgehead atoms. The van der Waals surface area contributed by atoms with Crippen LogP contribution in [-0.2, 0) is 20.8 Å². The Morgan fingerprint density at radius 2 is 2.00 bits per heavy atom. The highest BCUT2D eigenvalue weighted by atomic mass is 32.2. The van der Waals surface area contributed by atoms with E-state index >= 15 is 0 Å². The summed E-state index contributed by atoms with van der Waals surface area (Å²) in [6.45, 7) is 3.97. The maximum Gasteiger partial charge on any atom is 0.416 e. The van der Waals surface area contributed by atoms with E-state index in [1.807, 2.05) is 0 Å². The van der Waals surface area contributed by atoms with Crippen molar-refractivity contribution in [3.05, 3.63) is 42.0 Å². The van der Waals surface area contributed by atoms with Crippen LogP contribution < -0.4 is 5.32 Å². The second-order valence-corrected chi connectivity index (χ2v) is 7.91. The fourth-order valence-electron chi connectivity index (χ4n) is 2.66. The molecule has 1 saturated heterocycles. The molecule has 1 fully saturated rings. The fourth-order valence-corrected chi connectivity index (χ4v) is 3.56. The van der Waals surface area contributed by atoms with Gasteiger partial charge in [0.25, 0.3) is 5.91 Å². The van der Waals surface area contributed by atoms with Crippen LogP contribution in [0.3, 0.4) is 0 Å².